The second kappa shape index (κ2) is 11.0. The highest BCUT2D eigenvalue weighted by molar-refractivity contribution is 6.11. The third-order valence-electron chi connectivity index (χ3n) is 6.49. The minimum Gasteiger partial charge on any atom is -0.480 e. The summed E-state index contributed by atoms with van der Waals surface area (Å²) in [5.41, 5.74) is 0.278. The maximum atomic E-state index is 13.7. The number of carboxylic acid groups (broad SMARTS) is 1. The molecule has 0 radical (unpaired) electrons. The summed E-state index contributed by atoms with van der Waals surface area (Å²) >= 11 is 0. The summed E-state index contributed by atoms with van der Waals surface area (Å²) < 4.78 is 27.3. The maximum absolute atomic E-state index is 13.7. The molecule has 2 aliphatic heterocycles. The van der Waals surface area contributed by atoms with Crippen molar-refractivity contribution in [2.75, 3.05) is 18.4 Å². The fourth-order valence-electron chi connectivity index (χ4n) is 4.63. The van der Waals surface area contributed by atoms with Crippen LogP contribution in [0.4, 0.5) is 14.5 Å². The molecule has 15 heteroatoms. The number of aliphatic carboxylic acids is 1. The van der Waals surface area contributed by atoms with Crippen molar-refractivity contribution in [1.29, 1.82) is 5.26 Å². The Hall–Kier alpha value is -5.00. The Balaban J connectivity index is 1.47. The molecule has 0 saturated carbocycles. The van der Waals surface area contributed by atoms with Gasteiger partial charge in [-0.25, -0.2) is 13.6 Å². The molecule has 3 heterocycles. The fraction of sp³-hybridized carbons (Fsp3) is 0.360. The van der Waals surface area contributed by atoms with Crippen LogP contribution in [0.5, 0.6) is 0 Å². The van der Waals surface area contributed by atoms with E-state index in [0.29, 0.717) is 9.80 Å². The number of imide groups is 1. The summed E-state index contributed by atoms with van der Waals surface area (Å²) in [4.78, 5) is 79.1. The van der Waals surface area contributed by atoms with E-state index in [1.165, 1.54) is 30.5 Å². The van der Waals surface area contributed by atoms with Crippen molar-refractivity contribution in [2.45, 2.75) is 43.7 Å². The second-order valence-electron chi connectivity index (χ2n) is 9.23. The van der Waals surface area contributed by atoms with E-state index in [1.807, 2.05) is 0 Å². The Kier molecular flexibility index (Phi) is 7.71. The van der Waals surface area contributed by atoms with Crippen LogP contribution in [0.2, 0.25) is 0 Å². The number of nitrogens with one attached hydrogen (secondary N) is 2. The lowest BCUT2D eigenvalue weighted by molar-refractivity contribution is -0.155. The summed E-state index contributed by atoms with van der Waals surface area (Å²) in [6.07, 6.45) is -0.535. The largest absolute Gasteiger partial charge is 0.480 e. The molecule has 0 bridgehead atoms. The monoisotopic (exact) mass is 556 g/mol. The third kappa shape index (κ3) is 5.70. The highest BCUT2D eigenvalue weighted by atomic mass is 19.3. The van der Waals surface area contributed by atoms with Gasteiger partial charge in [0.1, 0.15) is 12.1 Å². The van der Waals surface area contributed by atoms with E-state index < -0.39 is 79.4 Å². The van der Waals surface area contributed by atoms with E-state index >= 15 is 0 Å². The summed E-state index contributed by atoms with van der Waals surface area (Å²) in [7, 11) is 0. The Morgan fingerprint density at radius 3 is 2.52 bits per heavy atom. The average Bonchev–Trinajstić information content (AvgIpc) is 3.42. The number of anilines is 1. The number of nitriles is 1. The molecule has 2 fully saturated rings. The van der Waals surface area contributed by atoms with Gasteiger partial charge in [0, 0.05) is 30.8 Å². The van der Waals surface area contributed by atoms with Crippen LogP contribution in [-0.4, -0.2) is 86.5 Å². The van der Waals surface area contributed by atoms with Crippen LogP contribution < -0.4 is 10.6 Å². The summed E-state index contributed by atoms with van der Waals surface area (Å²) in [6, 6.07) is 4.41. The number of pyridine rings is 1. The molecule has 2 aliphatic rings. The lowest BCUT2D eigenvalue weighted by Gasteiger charge is -2.22. The Bertz CT molecular complexity index is 1460. The third-order valence-corrected chi connectivity index (χ3v) is 6.49. The Morgan fingerprint density at radius 2 is 1.88 bits per heavy atom. The van der Waals surface area contributed by atoms with Gasteiger partial charge in [-0.3, -0.25) is 33.9 Å². The van der Waals surface area contributed by atoms with Gasteiger partial charge in [0.25, 0.3) is 11.8 Å². The van der Waals surface area contributed by atoms with Crippen molar-refractivity contribution in [3.8, 4) is 6.07 Å². The minimum absolute atomic E-state index is 0.0363. The predicted octanol–water partition coefficient (Wildman–Crippen LogP) is 0.655. The molecular formula is C25H22F2N6O7. The molecule has 13 nitrogen and oxygen atoms in total. The molecule has 3 N–H and O–H groups in total. The number of carbonyl (C=O) groups is 6. The molecule has 208 valence electrons. The number of likely N-dealkylation sites (tertiary alicyclic amines) is 2. The van der Waals surface area contributed by atoms with Crippen molar-refractivity contribution in [3.05, 3.63) is 36.0 Å². The van der Waals surface area contributed by atoms with Gasteiger partial charge in [0.2, 0.25) is 23.6 Å². The van der Waals surface area contributed by atoms with Crippen molar-refractivity contribution in [2.24, 2.45) is 0 Å². The molecule has 1 unspecified atom stereocenters. The van der Waals surface area contributed by atoms with Crippen molar-refractivity contribution in [1.82, 2.24) is 20.1 Å². The second-order valence-corrected chi connectivity index (χ2v) is 9.23. The van der Waals surface area contributed by atoms with Crippen molar-refractivity contribution in [3.63, 3.8) is 0 Å². The Labute approximate surface area is 224 Å². The minimum atomic E-state index is -3.20. The van der Waals surface area contributed by atoms with Gasteiger partial charge < -0.3 is 20.6 Å². The number of benzene rings is 1. The number of nitrogens with zero attached hydrogens (tertiary/aromatic N) is 4. The summed E-state index contributed by atoms with van der Waals surface area (Å²) in [6.45, 7) is -1.57. The zero-order chi connectivity index (χ0) is 29.2. The summed E-state index contributed by atoms with van der Waals surface area (Å²) in [5.74, 6) is -8.54. The van der Waals surface area contributed by atoms with Crippen LogP contribution >= 0.6 is 0 Å². The van der Waals surface area contributed by atoms with Crippen LogP contribution in [0.25, 0.3) is 10.9 Å². The number of carboxylic acids is 1. The molecule has 2 atom stereocenters. The molecule has 5 amide bonds. The number of amides is 5. The zero-order valence-electron chi connectivity index (χ0n) is 20.7. The van der Waals surface area contributed by atoms with Gasteiger partial charge in [-0.05, 0) is 12.1 Å². The normalized spacial score (nSPS) is 18.9. The zero-order valence-corrected chi connectivity index (χ0v) is 20.7. The van der Waals surface area contributed by atoms with E-state index in [0.717, 1.165) is 0 Å². The fourth-order valence-corrected chi connectivity index (χ4v) is 4.63. The first-order valence-corrected chi connectivity index (χ1v) is 12.0. The number of carbonyl (C=O) groups excluding carboxylic acids is 5. The van der Waals surface area contributed by atoms with Gasteiger partial charge in [-0.15, -0.1) is 0 Å². The van der Waals surface area contributed by atoms with E-state index in [2.05, 4.69) is 15.6 Å². The number of aromatic nitrogens is 1. The molecule has 2 saturated heterocycles. The standard InChI is InChI=1S/C25H22F2N6O7/c26-25(27)9-13(10-28)32(12-25)21(37)11-30-23(38)15-6-7-29-22-14(15)2-1-3-16(22)31-18(34)8-17(24(39)40)33-19(35)4-5-20(33)36/h1-3,6-7,13,17H,4-5,8-9,11-12H2,(H,30,38)(H,31,34)(H,39,40)/t13?,17-/m0/s1. The lowest BCUT2D eigenvalue weighted by Crippen LogP contribution is -2.46. The molecule has 4 rings (SSSR count). The quantitative estimate of drug-likeness (QED) is 0.392. The van der Waals surface area contributed by atoms with E-state index in [9.17, 15) is 42.7 Å². The van der Waals surface area contributed by atoms with Gasteiger partial charge in [0.05, 0.1) is 42.3 Å². The number of hydrogen-bond donors (Lipinski definition) is 3. The van der Waals surface area contributed by atoms with E-state index in [-0.39, 0.29) is 35.0 Å². The first kappa shape index (κ1) is 28.0. The van der Waals surface area contributed by atoms with Crippen LogP contribution in [0.15, 0.2) is 30.5 Å². The van der Waals surface area contributed by atoms with Gasteiger partial charge in [0.15, 0.2) is 0 Å². The smallest absolute Gasteiger partial charge is 0.327 e. The highest BCUT2D eigenvalue weighted by Gasteiger charge is 2.47. The number of fused-ring (bicyclic) bond motifs is 1. The maximum Gasteiger partial charge on any atom is 0.327 e. The first-order chi connectivity index (χ1) is 18.9. The van der Waals surface area contributed by atoms with E-state index in [4.69, 9.17) is 5.26 Å². The Morgan fingerprint density at radius 1 is 1.18 bits per heavy atom. The van der Waals surface area contributed by atoms with Crippen LogP contribution in [-0.2, 0) is 24.0 Å². The SMILES string of the molecule is N#CC1CC(F)(F)CN1C(=O)CNC(=O)c1ccnc2c(NC(=O)C[C@@H](C(=O)O)N3C(=O)CCC3=O)cccc12. The van der Waals surface area contributed by atoms with Gasteiger partial charge in [-0.1, -0.05) is 12.1 Å². The molecular weight excluding hydrogens is 534 g/mol. The number of halogens is 2. The van der Waals surface area contributed by atoms with Gasteiger partial charge in [-0.2, -0.15) is 5.26 Å². The molecule has 1 aromatic heterocycles. The lowest BCUT2D eigenvalue weighted by atomic mass is 10.1. The molecule has 2 aromatic rings. The van der Waals surface area contributed by atoms with Crippen LogP contribution in [0, 0.1) is 11.3 Å². The molecule has 0 spiro atoms. The van der Waals surface area contributed by atoms with Crippen molar-refractivity contribution >= 4 is 52.1 Å². The highest BCUT2D eigenvalue weighted by Crippen LogP contribution is 2.31. The first-order valence-electron chi connectivity index (χ1n) is 12.0. The molecule has 0 aliphatic carbocycles. The van der Waals surface area contributed by atoms with Crippen LogP contribution in [0.3, 0.4) is 0 Å². The average molecular weight is 556 g/mol. The number of hydrogen-bond acceptors (Lipinski definition) is 8. The number of rotatable bonds is 8. The number of para-hydroxylation sites is 1. The van der Waals surface area contributed by atoms with Crippen LogP contribution in [0.1, 0.15) is 36.0 Å². The van der Waals surface area contributed by atoms with E-state index in [1.54, 1.807) is 6.07 Å². The topological polar surface area (TPSA) is 190 Å². The van der Waals surface area contributed by atoms with Gasteiger partial charge >= 0.3 is 5.97 Å². The summed E-state index contributed by atoms with van der Waals surface area (Å²) in [5, 5.41) is 23.6. The molecule has 1 aromatic carbocycles. The predicted molar refractivity (Wildman–Crippen MR) is 131 cm³/mol. The number of alkyl halides is 2. The molecule has 40 heavy (non-hydrogen) atoms. The van der Waals surface area contributed by atoms with Crippen molar-refractivity contribution < 1.29 is 42.7 Å².